The normalized spacial score (nSPS) is 21.9. The summed E-state index contributed by atoms with van der Waals surface area (Å²) < 4.78 is 5.13. The van der Waals surface area contributed by atoms with Crippen LogP contribution in [0, 0.1) is 6.42 Å². The fourth-order valence-corrected chi connectivity index (χ4v) is 1.86. The largest absolute Gasteiger partial charge is 0.497 e. The average molecular weight is 190 g/mol. The van der Waals surface area contributed by atoms with Gasteiger partial charge >= 0.3 is 0 Å². The van der Waals surface area contributed by atoms with Gasteiger partial charge in [0.05, 0.1) is 7.11 Å². The Bertz CT molecular complexity index is 275. The number of methoxy groups -OCH3 is 1. The maximum Gasteiger partial charge on any atom is 0.118 e. The van der Waals surface area contributed by atoms with Crippen molar-refractivity contribution in [1.29, 1.82) is 0 Å². The molecule has 1 aromatic rings. The van der Waals surface area contributed by atoms with E-state index in [1.807, 2.05) is 12.1 Å². The summed E-state index contributed by atoms with van der Waals surface area (Å²) in [5.74, 6) is 1.57. The van der Waals surface area contributed by atoms with Crippen LogP contribution in [0.1, 0.15) is 17.9 Å². The molecular formula is C12H16NO. The van der Waals surface area contributed by atoms with Crippen LogP contribution in [-0.4, -0.2) is 20.2 Å². The monoisotopic (exact) mass is 190 g/mol. The Balaban J connectivity index is 2.07. The number of ether oxygens (including phenoxy) is 1. The molecule has 14 heavy (non-hydrogen) atoms. The van der Waals surface area contributed by atoms with Crippen LogP contribution >= 0.6 is 0 Å². The fraction of sp³-hybridized carbons (Fsp3) is 0.417. The topological polar surface area (TPSA) is 21.3 Å². The van der Waals surface area contributed by atoms with Crippen LogP contribution in [0.2, 0.25) is 0 Å². The van der Waals surface area contributed by atoms with Crippen LogP contribution in [0.4, 0.5) is 0 Å². The summed E-state index contributed by atoms with van der Waals surface area (Å²) in [5, 5.41) is 3.38. The maximum atomic E-state index is 5.13. The molecule has 1 aliphatic heterocycles. The summed E-state index contributed by atoms with van der Waals surface area (Å²) in [6, 6.07) is 8.38. The molecule has 2 rings (SSSR count). The molecule has 0 bridgehead atoms. The zero-order valence-electron chi connectivity index (χ0n) is 8.49. The minimum atomic E-state index is 0.634. The molecule has 1 N–H and O–H groups in total. The average Bonchev–Trinajstić information content (AvgIpc) is 2.30. The molecule has 0 aliphatic carbocycles. The Morgan fingerprint density at radius 2 is 2.07 bits per heavy atom. The lowest BCUT2D eigenvalue weighted by molar-refractivity contribution is 0.414. The summed E-state index contributed by atoms with van der Waals surface area (Å²) in [6.07, 6.45) is 3.48. The second kappa shape index (κ2) is 4.47. The molecule has 2 nitrogen and oxygen atoms in total. The van der Waals surface area contributed by atoms with Gasteiger partial charge in [0.25, 0.3) is 0 Å². The predicted molar refractivity (Wildman–Crippen MR) is 57.5 cm³/mol. The van der Waals surface area contributed by atoms with Crippen molar-refractivity contribution in [2.75, 3.05) is 20.2 Å². The molecule has 1 atom stereocenters. The van der Waals surface area contributed by atoms with Crippen molar-refractivity contribution in [2.45, 2.75) is 12.3 Å². The molecule has 1 fully saturated rings. The first kappa shape index (κ1) is 9.53. The molecule has 1 aromatic carbocycles. The summed E-state index contributed by atoms with van der Waals surface area (Å²) in [4.78, 5) is 0. The van der Waals surface area contributed by atoms with E-state index in [1.54, 1.807) is 7.11 Å². The third-order valence-electron chi connectivity index (χ3n) is 2.72. The first-order valence-corrected chi connectivity index (χ1v) is 5.06. The molecule has 1 aliphatic rings. The van der Waals surface area contributed by atoms with Crippen molar-refractivity contribution in [3.63, 3.8) is 0 Å². The molecule has 1 radical (unpaired) electrons. The molecule has 0 saturated carbocycles. The van der Waals surface area contributed by atoms with Gasteiger partial charge in [0.2, 0.25) is 0 Å². The van der Waals surface area contributed by atoms with E-state index >= 15 is 0 Å². The predicted octanol–water partition coefficient (Wildman–Crippen LogP) is 1.98. The van der Waals surface area contributed by atoms with Crippen LogP contribution in [0.25, 0.3) is 0 Å². The van der Waals surface area contributed by atoms with Gasteiger partial charge in [0.15, 0.2) is 0 Å². The minimum Gasteiger partial charge on any atom is -0.497 e. The van der Waals surface area contributed by atoms with Crippen LogP contribution in [0.15, 0.2) is 24.3 Å². The lowest BCUT2D eigenvalue weighted by atomic mass is 9.92. The number of rotatable bonds is 2. The fourth-order valence-electron chi connectivity index (χ4n) is 1.86. The molecule has 1 heterocycles. The zero-order chi connectivity index (χ0) is 9.80. The van der Waals surface area contributed by atoms with Gasteiger partial charge < -0.3 is 10.1 Å². The van der Waals surface area contributed by atoms with E-state index < -0.39 is 0 Å². The van der Waals surface area contributed by atoms with Crippen molar-refractivity contribution in [3.05, 3.63) is 36.2 Å². The molecule has 0 spiro atoms. The molecule has 1 unspecified atom stereocenters. The number of piperidine rings is 1. The summed E-state index contributed by atoms with van der Waals surface area (Å²) in [7, 11) is 1.70. The first-order chi connectivity index (χ1) is 6.90. The van der Waals surface area contributed by atoms with E-state index in [1.165, 1.54) is 12.0 Å². The van der Waals surface area contributed by atoms with Gasteiger partial charge in [-0.3, -0.25) is 0 Å². The highest BCUT2D eigenvalue weighted by atomic mass is 16.5. The van der Waals surface area contributed by atoms with E-state index in [0.29, 0.717) is 5.92 Å². The van der Waals surface area contributed by atoms with E-state index in [-0.39, 0.29) is 0 Å². The van der Waals surface area contributed by atoms with Crippen LogP contribution in [0.3, 0.4) is 0 Å². The van der Waals surface area contributed by atoms with Gasteiger partial charge in [-0.25, -0.2) is 0 Å². The van der Waals surface area contributed by atoms with E-state index in [0.717, 1.165) is 18.8 Å². The molecular weight excluding hydrogens is 174 g/mol. The third-order valence-corrected chi connectivity index (χ3v) is 2.72. The minimum absolute atomic E-state index is 0.634. The van der Waals surface area contributed by atoms with E-state index in [9.17, 15) is 0 Å². The SMILES string of the molecule is COc1ccc(C2C[CH]CNC2)cc1. The lowest BCUT2D eigenvalue weighted by Crippen LogP contribution is -2.28. The molecule has 0 amide bonds. The third kappa shape index (κ3) is 2.07. The van der Waals surface area contributed by atoms with Crippen LogP contribution in [-0.2, 0) is 0 Å². The zero-order valence-corrected chi connectivity index (χ0v) is 8.49. The second-order valence-corrected chi connectivity index (χ2v) is 3.65. The molecule has 1 saturated heterocycles. The van der Waals surface area contributed by atoms with Crippen LogP contribution in [0.5, 0.6) is 5.75 Å². The number of hydrogen-bond acceptors (Lipinski definition) is 2. The smallest absolute Gasteiger partial charge is 0.118 e. The van der Waals surface area contributed by atoms with Gasteiger partial charge in [0, 0.05) is 6.54 Å². The maximum absolute atomic E-state index is 5.13. The highest BCUT2D eigenvalue weighted by Gasteiger charge is 2.14. The van der Waals surface area contributed by atoms with E-state index in [4.69, 9.17) is 4.74 Å². The summed E-state index contributed by atoms with van der Waals surface area (Å²) in [6.45, 7) is 2.13. The first-order valence-electron chi connectivity index (χ1n) is 5.06. The Hall–Kier alpha value is -1.02. The summed E-state index contributed by atoms with van der Waals surface area (Å²) in [5.41, 5.74) is 1.40. The number of benzene rings is 1. The second-order valence-electron chi connectivity index (χ2n) is 3.65. The standard InChI is InChI=1S/C12H16NO/c1-14-12-6-4-10(5-7-12)11-3-2-8-13-9-11/h2,4-7,11,13H,3,8-9H2,1H3. The quantitative estimate of drug-likeness (QED) is 0.770. The molecule has 0 aromatic heterocycles. The van der Waals surface area contributed by atoms with Crippen molar-refractivity contribution in [3.8, 4) is 5.75 Å². The van der Waals surface area contributed by atoms with Crippen molar-refractivity contribution in [2.24, 2.45) is 0 Å². The molecule has 2 heteroatoms. The van der Waals surface area contributed by atoms with Gasteiger partial charge in [-0.2, -0.15) is 0 Å². The molecule has 75 valence electrons. The van der Waals surface area contributed by atoms with Gasteiger partial charge in [-0.15, -0.1) is 0 Å². The van der Waals surface area contributed by atoms with Crippen molar-refractivity contribution in [1.82, 2.24) is 5.32 Å². The Labute approximate surface area is 85.3 Å². The highest BCUT2D eigenvalue weighted by Crippen LogP contribution is 2.24. The summed E-state index contributed by atoms with van der Waals surface area (Å²) >= 11 is 0. The van der Waals surface area contributed by atoms with Gasteiger partial charge in [-0.05, 0) is 43.0 Å². The van der Waals surface area contributed by atoms with Gasteiger partial charge in [0.1, 0.15) is 5.75 Å². The Kier molecular flexibility index (Phi) is 3.04. The number of hydrogen-bond donors (Lipinski definition) is 1. The van der Waals surface area contributed by atoms with Crippen molar-refractivity contribution >= 4 is 0 Å². The van der Waals surface area contributed by atoms with E-state index in [2.05, 4.69) is 23.9 Å². The van der Waals surface area contributed by atoms with Crippen LogP contribution < -0.4 is 10.1 Å². The van der Waals surface area contributed by atoms with Crippen molar-refractivity contribution < 1.29 is 4.74 Å². The Morgan fingerprint density at radius 3 is 2.64 bits per heavy atom. The number of nitrogens with one attached hydrogen (secondary N) is 1. The lowest BCUT2D eigenvalue weighted by Gasteiger charge is -2.22. The van der Waals surface area contributed by atoms with Gasteiger partial charge in [-0.1, -0.05) is 12.1 Å². The highest BCUT2D eigenvalue weighted by molar-refractivity contribution is 5.30. The Morgan fingerprint density at radius 1 is 1.29 bits per heavy atom.